The topological polar surface area (TPSA) is 15.3 Å². The van der Waals surface area contributed by atoms with Crippen LogP contribution < -0.4 is 5.32 Å². The number of nitrogens with zero attached hydrogens (tertiary/aromatic N) is 1. The smallest absolute Gasteiger partial charge is 0.00717 e. The number of hydrogen-bond acceptors (Lipinski definition) is 3. The maximum Gasteiger partial charge on any atom is 0.00717 e. The van der Waals surface area contributed by atoms with Crippen molar-refractivity contribution >= 4 is 11.8 Å². The van der Waals surface area contributed by atoms with Gasteiger partial charge < -0.3 is 10.2 Å². The van der Waals surface area contributed by atoms with E-state index in [1.807, 2.05) is 11.8 Å². The first-order valence-corrected chi connectivity index (χ1v) is 8.53. The summed E-state index contributed by atoms with van der Waals surface area (Å²) >= 11 is 1.96. The van der Waals surface area contributed by atoms with Crippen LogP contribution in [-0.2, 0) is 0 Å². The van der Waals surface area contributed by atoms with Gasteiger partial charge in [0.2, 0.25) is 0 Å². The van der Waals surface area contributed by atoms with Gasteiger partial charge in [0.1, 0.15) is 0 Å². The van der Waals surface area contributed by atoms with Crippen molar-refractivity contribution < 1.29 is 0 Å². The first kappa shape index (κ1) is 15.3. The van der Waals surface area contributed by atoms with Crippen LogP contribution in [0.15, 0.2) is 0 Å². The molecule has 102 valence electrons. The number of hydrogen-bond donors (Lipinski definition) is 1. The van der Waals surface area contributed by atoms with E-state index in [-0.39, 0.29) is 0 Å². The molecular weight excluding hydrogens is 228 g/mol. The summed E-state index contributed by atoms with van der Waals surface area (Å²) in [5, 5.41) is 3.51. The van der Waals surface area contributed by atoms with Crippen molar-refractivity contribution in [3.05, 3.63) is 0 Å². The zero-order chi connectivity index (χ0) is 12.5. The van der Waals surface area contributed by atoms with Gasteiger partial charge in [-0.1, -0.05) is 0 Å². The van der Waals surface area contributed by atoms with Gasteiger partial charge in [-0.15, -0.1) is 0 Å². The van der Waals surface area contributed by atoms with Crippen molar-refractivity contribution in [3.63, 3.8) is 0 Å². The Balaban J connectivity index is 2.04. The molecule has 1 saturated heterocycles. The van der Waals surface area contributed by atoms with E-state index < -0.39 is 0 Å². The standard InChI is InChI=1S/C14H30N2S/c1-13(8-11-17-3)16(2)10-5-7-14-6-4-9-15-12-14/h13-15H,4-12H2,1-3H3. The summed E-state index contributed by atoms with van der Waals surface area (Å²) < 4.78 is 0. The molecule has 0 spiro atoms. The predicted octanol–water partition coefficient (Wildman–Crippen LogP) is 2.84. The van der Waals surface area contributed by atoms with Gasteiger partial charge in [0, 0.05) is 6.04 Å². The molecule has 2 unspecified atom stereocenters. The Bertz CT molecular complexity index is 181. The van der Waals surface area contributed by atoms with E-state index >= 15 is 0 Å². The van der Waals surface area contributed by atoms with Gasteiger partial charge in [0.25, 0.3) is 0 Å². The molecule has 1 fully saturated rings. The second-order valence-corrected chi connectivity index (χ2v) is 6.45. The number of nitrogens with one attached hydrogen (secondary N) is 1. The van der Waals surface area contributed by atoms with Crippen LogP contribution in [0.2, 0.25) is 0 Å². The normalized spacial score (nSPS) is 22.9. The molecule has 0 aromatic heterocycles. The summed E-state index contributed by atoms with van der Waals surface area (Å²) in [6, 6.07) is 0.743. The fourth-order valence-corrected chi connectivity index (χ4v) is 3.11. The highest BCUT2D eigenvalue weighted by atomic mass is 32.2. The summed E-state index contributed by atoms with van der Waals surface area (Å²) in [5.74, 6) is 2.23. The molecule has 0 amide bonds. The average Bonchev–Trinajstić information content (AvgIpc) is 2.37. The van der Waals surface area contributed by atoms with E-state index in [2.05, 4.69) is 30.4 Å². The monoisotopic (exact) mass is 258 g/mol. The fraction of sp³-hybridized carbons (Fsp3) is 1.00. The van der Waals surface area contributed by atoms with Gasteiger partial charge in [-0.2, -0.15) is 11.8 Å². The zero-order valence-electron chi connectivity index (χ0n) is 11.9. The van der Waals surface area contributed by atoms with E-state index in [0.717, 1.165) is 12.0 Å². The quantitative estimate of drug-likeness (QED) is 0.721. The molecule has 1 heterocycles. The molecule has 0 aromatic rings. The van der Waals surface area contributed by atoms with Crippen molar-refractivity contribution in [2.45, 2.75) is 45.1 Å². The number of thioether (sulfide) groups is 1. The van der Waals surface area contributed by atoms with Gasteiger partial charge in [-0.25, -0.2) is 0 Å². The van der Waals surface area contributed by atoms with E-state index in [1.165, 1.54) is 57.5 Å². The van der Waals surface area contributed by atoms with Crippen molar-refractivity contribution in [2.24, 2.45) is 5.92 Å². The van der Waals surface area contributed by atoms with E-state index in [9.17, 15) is 0 Å². The number of rotatable bonds is 8. The van der Waals surface area contributed by atoms with Gasteiger partial charge in [0.05, 0.1) is 0 Å². The molecule has 2 atom stereocenters. The summed E-state index contributed by atoms with van der Waals surface area (Å²) in [5.41, 5.74) is 0. The van der Waals surface area contributed by atoms with E-state index in [0.29, 0.717) is 0 Å². The van der Waals surface area contributed by atoms with Gasteiger partial charge in [-0.05, 0) is 83.6 Å². The Hall–Kier alpha value is 0.270. The first-order chi connectivity index (χ1) is 8.24. The van der Waals surface area contributed by atoms with Crippen molar-refractivity contribution in [3.8, 4) is 0 Å². The van der Waals surface area contributed by atoms with E-state index in [4.69, 9.17) is 0 Å². The minimum atomic E-state index is 0.743. The third-order valence-electron chi connectivity index (χ3n) is 4.01. The Morgan fingerprint density at radius 1 is 1.47 bits per heavy atom. The molecule has 1 aliphatic rings. The van der Waals surface area contributed by atoms with Crippen molar-refractivity contribution in [1.82, 2.24) is 10.2 Å². The Morgan fingerprint density at radius 2 is 2.29 bits per heavy atom. The van der Waals surface area contributed by atoms with Gasteiger partial charge in [-0.3, -0.25) is 0 Å². The predicted molar refractivity (Wildman–Crippen MR) is 79.9 cm³/mol. The lowest BCUT2D eigenvalue weighted by molar-refractivity contribution is 0.236. The molecule has 0 bridgehead atoms. The molecule has 0 aliphatic carbocycles. The lowest BCUT2D eigenvalue weighted by Crippen LogP contribution is -2.32. The molecule has 0 radical (unpaired) electrons. The fourth-order valence-electron chi connectivity index (χ4n) is 2.53. The van der Waals surface area contributed by atoms with Crippen LogP contribution in [0.1, 0.15) is 39.0 Å². The molecule has 1 rings (SSSR count). The highest BCUT2D eigenvalue weighted by molar-refractivity contribution is 7.98. The molecule has 3 heteroatoms. The SMILES string of the molecule is CSCCC(C)N(C)CCCC1CCCNC1. The second kappa shape index (κ2) is 9.23. The Labute approximate surface area is 112 Å². The van der Waals surface area contributed by atoms with Crippen molar-refractivity contribution in [1.29, 1.82) is 0 Å². The minimum absolute atomic E-state index is 0.743. The maximum atomic E-state index is 3.51. The van der Waals surface area contributed by atoms with Crippen LogP contribution in [0.5, 0.6) is 0 Å². The summed E-state index contributed by atoms with van der Waals surface area (Å²) in [6.45, 7) is 6.12. The summed E-state index contributed by atoms with van der Waals surface area (Å²) in [7, 11) is 2.28. The Morgan fingerprint density at radius 3 is 2.94 bits per heavy atom. The van der Waals surface area contributed by atoms with Crippen LogP contribution in [0.25, 0.3) is 0 Å². The lowest BCUT2D eigenvalue weighted by atomic mass is 9.94. The highest BCUT2D eigenvalue weighted by Gasteiger charge is 2.13. The zero-order valence-corrected chi connectivity index (χ0v) is 12.7. The van der Waals surface area contributed by atoms with Crippen molar-refractivity contribution in [2.75, 3.05) is 38.7 Å². The van der Waals surface area contributed by atoms with Crippen LogP contribution in [0.4, 0.5) is 0 Å². The highest BCUT2D eigenvalue weighted by Crippen LogP contribution is 2.16. The van der Waals surface area contributed by atoms with Crippen LogP contribution >= 0.6 is 11.8 Å². The molecule has 0 saturated carbocycles. The summed E-state index contributed by atoms with van der Waals surface area (Å²) in [4.78, 5) is 2.53. The first-order valence-electron chi connectivity index (χ1n) is 7.14. The molecule has 1 aliphatic heterocycles. The molecule has 17 heavy (non-hydrogen) atoms. The average molecular weight is 258 g/mol. The maximum absolute atomic E-state index is 3.51. The van der Waals surface area contributed by atoms with Gasteiger partial charge >= 0.3 is 0 Å². The summed E-state index contributed by atoms with van der Waals surface area (Å²) in [6.07, 6.45) is 9.12. The Kier molecular flexibility index (Phi) is 8.33. The lowest BCUT2D eigenvalue weighted by Gasteiger charge is -2.27. The third kappa shape index (κ3) is 6.68. The second-order valence-electron chi connectivity index (χ2n) is 5.47. The third-order valence-corrected chi connectivity index (χ3v) is 4.66. The molecule has 1 N–H and O–H groups in total. The molecule has 0 aromatic carbocycles. The molecular formula is C14H30N2S. The van der Waals surface area contributed by atoms with Gasteiger partial charge in [0.15, 0.2) is 0 Å². The molecule has 2 nitrogen and oxygen atoms in total. The minimum Gasteiger partial charge on any atom is -0.316 e. The van der Waals surface area contributed by atoms with Crippen LogP contribution in [-0.4, -0.2) is 49.6 Å². The van der Waals surface area contributed by atoms with Crippen LogP contribution in [0, 0.1) is 5.92 Å². The number of piperidine rings is 1. The largest absolute Gasteiger partial charge is 0.316 e. The van der Waals surface area contributed by atoms with Crippen LogP contribution in [0.3, 0.4) is 0 Å². The van der Waals surface area contributed by atoms with E-state index in [1.54, 1.807) is 0 Å².